The van der Waals surface area contributed by atoms with Crippen molar-refractivity contribution in [1.82, 2.24) is 4.90 Å². The number of rotatable bonds is 1. The quantitative estimate of drug-likeness (QED) is 0.601. The normalized spacial score (nSPS) is 23.9. The zero-order valence-corrected chi connectivity index (χ0v) is 9.63. The van der Waals surface area contributed by atoms with Crippen molar-refractivity contribution in [3.05, 3.63) is 0 Å². The summed E-state index contributed by atoms with van der Waals surface area (Å²) in [5, 5.41) is 0. The van der Waals surface area contributed by atoms with Gasteiger partial charge >= 0.3 is 0 Å². The first-order valence-corrected chi connectivity index (χ1v) is 5.12. The molecular formula is C11H19NO2. The molecule has 3 heteroatoms. The maximum absolute atomic E-state index is 11.9. The van der Waals surface area contributed by atoms with Gasteiger partial charge in [0.2, 0.25) is 11.8 Å². The van der Waals surface area contributed by atoms with Crippen LogP contribution in [0.15, 0.2) is 0 Å². The summed E-state index contributed by atoms with van der Waals surface area (Å²) in [5.74, 6) is 0.110. The number of carbonyl (C=O) groups excluding carboxylic acids is 2. The minimum Gasteiger partial charge on any atom is -0.277 e. The van der Waals surface area contributed by atoms with Crippen molar-refractivity contribution in [3.8, 4) is 0 Å². The molecule has 1 rings (SSSR count). The number of likely N-dealkylation sites (tertiary alicyclic amines) is 1. The lowest BCUT2D eigenvalue weighted by Gasteiger charge is -2.30. The number of nitrogens with zero attached hydrogens (tertiary/aromatic N) is 1. The fourth-order valence-corrected chi connectivity index (χ4v) is 1.88. The molecule has 1 heterocycles. The lowest BCUT2D eigenvalue weighted by molar-refractivity contribution is -0.145. The second-order valence-corrected chi connectivity index (χ2v) is 5.29. The molecule has 0 aromatic rings. The monoisotopic (exact) mass is 197 g/mol. The SMILES string of the molecule is CC(C)[C@H]1CC(=O)N(C(C)(C)C)C1=O. The second-order valence-electron chi connectivity index (χ2n) is 5.29. The lowest BCUT2D eigenvalue weighted by Crippen LogP contribution is -2.45. The number of imide groups is 1. The zero-order valence-electron chi connectivity index (χ0n) is 9.63. The summed E-state index contributed by atoms with van der Waals surface area (Å²) < 4.78 is 0. The van der Waals surface area contributed by atoms with E-state index in [1.807, 2.05) is 34.6 Å². The highest BCUT2D eigenvalue weighted by Gasteiger charge is 2.44. The molecule has 0 aromatic heterocycles. The van der Waals surface area contributed by atoms with Crippen LogP contribution < -0.4 is 0 Å². The lowest BCUT2D eigenvalue weighted by atomic mass is 9.94. The molecule has 0 N–H and O–H groups in total. The van der Waals surface area contributed by atoms with E-state index >= 15 is 0 Å². The maximum atomic E-state index is 11.9. The molecule has 3 nitrogen and oxygen atoms in total. The van der Waals surface area contributed by atoms with E-state index in [0.29, 0.717) is 6.42 Å². The first kappa shape index (κ1) is 11.2. The van der Waals surface area contributed by atoms with Crippen LogP contribution in [-0.2, 0) is 9.59 Å². The Hall–Kier alpha value is -0.860. The molecule has 1 aliphatic rings. The number of amides is 2. The van der Waals surface area contributed by atoms with E-state index in [-0.39, 0.29) is 29.2 Å². The van der Waals surface area contributed by atoms with Crippen LogP contribution in [-0.4, -0.2) is 22.3 Å². The highest BCUT2D eigenvalue weighted by molar-refractivity contribution is 6.04. The van der Waals surface area contributed by atoms with Crippen LogP contribution in [0.1, 0.15) is 41.0 Å². The third-order valence-corrected chi connectivity index (χ3v) is 2.66. The smallest absolute Gasteiger partial charge is 0.233 e. The van der Waals surface area contributed by atoms with E-state index in [9.17, 15) is 9.59 Å². The number of hydrogen-bond donors (Lipinski definition) is 0. The molecule has 80 valence electrons. The Morgan fingerprint density at radius 2 is 1.79 bits per heavy atom. The third-order valence-electron chi connectivity index (χ3n) is 2.66. The molecule has 0 radical (unpaired) electrons. The van der Waals surface area contributed by atoms with Crippen LogP contribution in [0.2, 0.25) is 0 Å². The van der Waals surface area contributed by atoms with Crippen molar-refractivity contribution >= 4 is 11.8 Å². The van der Waals surface area contributed by atoms with Gasteiger partial charge in [-0.25, -0.2) is 0 Å². The van der Waals surface area contributed by atoms with Crippen molar-refractivity contribution in [3.63, 3.8) is 0 Å². The molecule has 0 aromatic carbocycles. The van der Waals surface area contributed by atoms with Crippen LogP contribution in [0, 0.1) is 11.8 Å². The van der Waals surface area contributed by atoms with E-state index in [4.69, 9.17) is 0 Å². The molecule has 0 bridgehead atoms. The van der Waals surface area contributed by atoms with Crippen molar-refractivity contribution in [2.24, 2.45) is 11.8 Å². The van der Waals surface area contributed by atoms with Crippen LogP contribution >= 0.6 is 0 Å². The minimum atomic E-state index is -0.377. The van der Waals surface area contributed by atoms with E-state index in [2.05, 4.69) is 0 Å². The predicted molar refractivity (Wildman–Crippen MR) is 54.6 cm³/mol. The topological polar surface area (TPSA) is 37.4 Å². The molecule has 1 atom stereocenters. The summed E-state index contributed by atoms with van der Waals surface area (Å²) in [6, 6.07) is 0. The third kappa shape index (κ3) is 1.81. The Bertz CT molecular complexity index is 263. The molecule has 0 spiro atoms. The molecule has 14 heavy (non-hydrogen) atoms. The van der Waals surface area contributed by atoms with Gasteiger partial charge in [0.1, 0.15) is 0 Å². The molecule has 1 aliphatic heterocycles. The summed E-state index contributed by atoms with van der Waals surface area (Å²) in [6.07, 6.45) is 0.383. The largest absolute Gasteiger partial charge is 0.277 e. The van der Waals surface area contributed by atoms with E-state index in [1.165, 1.54) is 4.90 Å². The molecule has 0 saturated carbocycles. The van der Waals surface area contributed by atoms with Gasteiger partial charge in [0, 0.05) is 17.9 Å². The standard InChI is InChI=1S/C11H19NO2/c1-7(2)8-6-9(13)12(10(8)14)11(3,4)5/h7-8H,6H2,1-5H3/t8-/m1/s1. The maximum Gasteiger partial charge on any atom is 0.233 e. The second kappa shape index (κ2) is 3.37. The minimum absolute atomic E-state index is 0.00231. The van der Waals surface area contributed by atoms with Crippen molar-refractivity contribution in [2.45, 2.75) is 46.6 Å². The molecule has 0 unspecified atom stereocenters. The van der Waals surface area contributed by atoms with Gasteiger partial charge in [0.25, 0.3) is 0 Å². The fraction of sp³-hybridized carbons (Fsp3) is 0.818. The molecular weight excluding hydrogens is 178 g/mol. The van der Waals surface area contributed by atoms with Gasteiger partial charge in [0.05, 0.1) is 0 Å². The van der Waals surface area contributed by atoms with Gasteiger partial charge in [-0.2, -0.15) is 0 Å². The molecule has 2 amide bonds. The van der Waals surface area contributed by atoms with Gasteiger partial charge in [0.15, 0.2) is 0 Å². The van der Waals surface area contributed by atoms with Gasteiger partial charge < -0.3 is 0 Å². The Labute approximate surface area is 85.5 Å². The Morgan fingerprint density at radius 3 is 2.00 bits per heavy atom. The summed E-state index contributed by atoms with van der Waals surface area (Å²) in [7, 11) is 0. The van der Waals surface area contributed by atoms with Crippen molar-refractivity contribution in [2.75, 3.05) is 0 Å². The van der Waals surface area contributed by atoms with Crippen molar-refractivity contribution in [1.29, 1.82) is 0 Å². The zero-order chi connectivity index (χ0) is 11.1. The van der Waals surface area contributed by atoms with Crippen LogP contribution in [0.3, 0.4) is 0 Å². The predicted octanol–water partition coefficient (Wildman–Crippen LogP) is 1.82. The van der Waals surface area contributed by atoms with Gasteiger partial charge in [-0.05, 0) is 26.7 Å². The van der Waals surface area contributed by atoms with E-state index in [1.54, 1.807) is 0 Å². The molecule has 1 fully saturated rings. The van der Waals surface area contributed by atoms with Gasteiger partial charge in [-0.15, -0.1) is 0 Å². The summed E-state index contributed by atoms with van der Waals surface area (Å²) in [5.41, 5.74) is -0.377. The summed E-state index contributed by atoms with van der Waals surface area (Å²) in [6.45, 7) is 9.66. The fourth-order valence-electron chi connectivity index (χ4n) is 1.88. The summed E-state index contributed by atoms with van der Waals surface area (Å²) >= 11 is 0. The Balaban J connectivity index is 2.92. The Morgan fingerprint density at radius 1 is 1.29 bits per heavy atom. The number of hydrogen-bond acceptors (Lipinski definition) is 2. The highest BCUT2D eigenvalue weighted by atomic mass is 16.2. The first-order chi connectivity index (χ1) is 6.25. The van der Waals surface area contributed by atoms with Crippen molar-refractivity contribution < 1.29 is 9.59 Å². The van der Waals surface area contributed by atoms with E-state index in [0.717, 1.165) is 0 Å². The molecule has 0 aliphatic carbocycles. The van der Waals surface area contributed by atoms with Crippen LogP contribution in [0.25, 0.3) is 0 Å². The average Bonchev–Trinajstić information content (AvgIpc) is 2.24. The van der Waals surface area contributed by atoms with Crippen LogP contribution in [0.5, 0.6) is 0 Å². The van der Waals surface area contributed by atoms with E-state index < -0.39 is 0 Å². The Kier molecular flexibility index (Phi) is 2.70. The summed E-state index contributed by atoms with van der Waals surface area (Å²) in [4.78, 5) is 25.0. The molecule has 1 saturated heterocycles. The average molecular weight is 197 g/mol. The van der Waals surface area contributed by atoms with Gasteiger partial charge in [-0.3, -0.25) is 14.5 Å². The number of carbonyl (C=O) groups is 2. The first-order valence-electron chi connectivity index (χ1n) is 5.12. The highest BCUT2D eigenvalue weighted by Crippen LogP contribution is 2.31. The van der Waals surface area contributed by atoms with Gasteiger partial charge in [-0.1, -0.05) is 13.8 Å². The van der Waals surface area contributed by atoms with Crippen LogP contribution in [0.4, 0.5) is 0 Å².